The van der Waals surface area contributed by atoms with Crippen molar-refractivity contribution in [2.45, 2.75) is 39.2 Å². The van der Waals surface area contributed by atoms with E-state index in [1.807, 2.05) is 11.4 Å². The third-order valence-corrected chi connectivity index (χ3v) is 3.58. The van der Waals surface area contributed by atoms with Crippen molar-refractivity contribution in [3.8, 4) is 0 Å². The lowest BCUT2D eigenvalue weighted by molar-refractivity contribution is 0.568. The maximum atomic E-state index is 12.0. The molecule has 2 aromatic heterocycles. The molecule has 0 radical (unpaired) electrons. The Labute approximate surface area is 98.8 Å². The smallest absolute Gasteiger partial charge is 0.271 e. The first-order valence-corrected chi connectivity index (χ1v) is 6.63. The summed E-state index contributed by atoms with van der Waals surface area (Å²) < 4.78 is 2.51. The van der Waals surface area contributed by atoms with Crippen molar-refractivity contribution >= 4 is 21.6 Å². The van der Waals surface area contributed by atoms with Crippen molar-refractivity contribution in [3.63, 3.8) is 0 Å². The van der Waals surface area contributed by atoms with Crippen LogP contribution >= 0.6 is 11.3 Å². The quantitative estimate of drug-likeness (QED) is 0.748. The maximum Gasteiger partial charge on any atom is 0.271 e. The van der Waals surface area contributed by atoms with Gasteiger partial charge in [0.05, 0.1) is 11.8 Å². The lowest BCUT2D eigenvalue weighted by Gasteiger charge is -2.04. The van der Waals surface area contributed by atoms with E-state index in [9.17, 15) is 4.79 Å². The molecule has 0 bridgehead atoms. The van der Waals surface area contributed by atoms with Crippen LogP contribution in [0.3, 0.4) is 0 Å². The molecule has 3 nitrogen and oxygen atoms in total. The molecular weight excluding hydrogens is 220 g/mol. The molecule has 0 aliphatic rings. The van der Waals surface area contributed by atoms with Gasteiger partial charge in [0.2, 0.25) is 0 Å². The minimum atomic E-state index is 0.108. The Kier molecular flexibility index (Phi) is 3.72. The molecule has 2 heterocycles. The molecule has 0 aromatic carbocycles. The van der Waals surface area contributed by atoms with Gasteiger partial charge in [0.25, 0.3) is 5.56 Å². The first kappa shape index (κ1) is 11.3. The Morgan fingerprint density at radius 1 is 1.38 bits per heavy atom. The summed E-state index contributed by atoms with van der Waals surface area (Å²) in [5.74, 6) is 0. The van der Waals surface area contributed by atoms with Gasteiger partial charge in [-0.1, -0.05) is 26.2 Å². The van der Waals surface area contributed by atoms with Crippen molar-refractivity contribution in [1.29, 1.82) is 0 Å². The molecule has 2 aromatic rings. The van der Waals surface area contributed by atoms with Crippen LogP contribution in [0.5, 0.6) is 0 Å². The average molecular weight is 236 g/mol. The molecule has 0 saturated carbocycles. The topological polar surface area (TPSA) is 34.9 Å². The highest BCUT2D eigenvalue weighted by molar-refractivity contribution is 7.17. The van der Waals surface area contributed by atoms with E-state index in [4.69, 9.17) is 0 Å². The molecule has 0 atom stereocenters. The highest BCUT2D eigenvalue weighted by atomic mass is 32.1. The number of fused-ring (bicyclic) bond motifs is 1. The molecule has 2 rings (SSSR count). The standard InChI is InChI=1S/C12H16N2OS/c1-2-3-4-5-7-14-9-13-10-6-8-16-11(10)12(14)15/h6,8-9H,2-5,7H2,1H3. The van der Waals surface area contributed by atoms with E-state index in [0.717, 1.165) is 23.2 Å². The van der Waals surface area contributed by atoms with Crippen molar-refractivity contribution in [1.82, 2.24) is 9.55 Å². The Morgan fingerprint density at radius 3 is 3.06 bits per heavy atom. The first-order chi connectivity index (χ1) is 7.83. The first-order valence-electron chi connectivity index (χ1n) is 5.75. The summed E-state index contributed by atoms with van der Waals surface area (Å²) in [7, 11) is 0. The fourth-order valence-corrected chi connectivity index (χ4v) is 2.54. The number of hydrogen-bond donors (Lipinski definition) is 0. The van der Waals surface area contributed by atoms with Crippen molar-refractivity contribution in [3.05, 3.63) is 28.1 Å². The summed E-state index contributed by atoms with van der Waals surface area (Å²) in [5.41, 5.74) is 0.927. The predicted octanol–water partition coefficient (Wildman–Crippen LogP) is 3.04. The molecule has 0 fully saturated rings. The Morgan fingerprint density at radius 2 is 2.25 bits per heavy atom. The Balaban J connectivity index is 2.12. The predicted molar refractivity (Wildman–Crippen MR) is 68.0 cm³/mol. The number of hydrogen-bond acceptors (Lipinski definition) is 3. The third-order valence-electron chi connectivity index (χ3n) is 2.69. The van der Waals surface area contributed by atoms with Crippen LogP contribution in [0.4, 0.5) is 0 Å². The molecule has 0 aliphatic heterocycles. The molecule has 0 unspecified atom stereocenters. The monoisotopic (exact) mass is 236 g/mol. The normalized spacial score (nSPS) is 11.1. The largest absolute Gasteiger partial charge is 0.298 e. The van der Waals surface area contributed by atoms with E-state index in [-0.39, 0.29) is 5.56 Å². The van der Waals surface area contributed by atoms with Gasteiger partial charge in [0.1, 0.15) is 4.70 Å². The number of nitrogens with zero attached hydrogens (tertiary/aromatic N) is 2. The Bertz CT molecular complexity index is 515. The number of aryl methyl sites for hydroxylation is 1. The van der Waals surface area contributed by atoms with Gasteiger partial charge in [-0.2, -0.15) is 0 Å². The van der Waals surface area contributed by atoms with Crippen LogP contribution in [0, 0.1) is 0 Å². The zero-order valence-electron chi connectivity index (χ0n) is 9.48. The van der Waals surface area contributed by atoms with Crippen LogP contribution in [0.2, 0.25) is 0 Å². The van der Waals surface area contributed by atoms with E-state index in [2.05, 4.69) is 11.9 Å². The summed E-state index contributed by atoms with van der Waals surface area (Å²) in [4.78, 5) is 16.3. The molecule has 86 valence electrons. The van der Waals surface area contributed by atoms with E-state index in [0.29, 0.717) is 0 Å². The summed E-state index contributed by atoms with van der Waals surface area (Å²) in [6, 6.07) is 1.89. The minimum absolute atomic E-state index is 0.108. The lowest BCUT2D eigenvalue weighted by Crippen LogP contribution is -2.19. The van der Waals surface area contributed by atoms with Crippen LogP contribution < -0.4 is 5.56 Å². The zero-order valence-corrected chi connectivity index (χ0v) is 10.3. The van der Waals surface area contributed by atoms with Crippen molar-refractivity contribution in [2.24, 2.45) is 0 Å². The second kappa shape index (κ2) is 5.25. The van der Waals surface area contributed by atoms with Crippen LogP contribution in [0.25, 0.3) is 10.2 Å². The van der Waals surface area contributed by atoms with Crippen molar-refractivity contribution in [2.75, 3.05) is 0 Å². The number of thiophene rings is 1. The fraction of sp³-hybridized carbons (Fsp3) is 0.500. The molecule has 4 heteroatoms. The molecule has 0 N–H and O–H groups in total. The van der Waals surface area contributed by atoms with Gasteiger partial charge in [-0.25, -0.2) is 4.98 Å². The maximum absolute atomic E-state index is 12.0. The van der Waals surface area contributed by atoms with E-state index in [1.54, 1.807) is 10.9 Å². The van der Waals surface area contributed by atoms with Crippen LogP contribution in [0.15, 0.2) is 22.6 Å². The van der Waals surface area contributed by atoms with Gasteiger partial charge in [-0.15, -0.1) is 11.3 Å². The number of aromatic nitrogens is 2. The number of unbranched alkanes of at least 4 members (excludes halogenated alkanes) is 3. The summed E-state index contributed by atoms with van der Waals surface area (Å²) >= 11 is 1.48. The molecule has 0 amide bonds. The summed E-state index contributed by atoms with van der Waals surface area (Å²) in [6.45, 7) is 2.98. The summed E-state index contributed by atoms with van der Waals surface area (Å²) in [6.07, 6.45) is 6.38. The van der Waals surface area contributed by atoms with E-state index >= 15 is 0 Å². The van der Waals surface area contributed by atoms with Gasteiger partial charge in [-0.05, 0) is 17.9 Å². The van der Waals surface area contributed by atoms with Crippen molar-refractivity contribution < 1.29 is 0 Å². The zero-order chi connectivity index (χ0) is 11.4. The lowest BCUT2D eigenvalue weighted by atomic mass is 10.2. The average Bonchev–Trinajstić information content (AvgIpc) is 2.76. The Hall–Kier alpha value is -1.16. The second-order valence-electron chi connectivity index (χ2n) is 3.94. The number of rotatable bonds is 5. The second-order valence-corrected chi connectivity index (χ2v) is 4.85. The molecule has 0 saturated heterocycles. The van der Waals surface area contributed by atoms with Gasteiger partial charge in [0, 0.05) is 6.54 Å². The third kappa shape index (κ3) is 2.32. The van der Waals surface area contributed by atoms with Crippen LogP contribution in [-0.4, -0.2) is 9.55 Å². The highest BCUT2D eigenvalue weighted by Gasteiger charge is 2.04. The van der Waals surface area contributed by atoms with Gasteiger partial charge >= 0.3 is 0 Å². The summed E-state index contributed by atoms with van der Waals surface area (Å²) in [5, 5.41) is 1.92. The fourth-order valence-electron chi connectivity index (χ4n) is 1.75. The van der Waals surface area contributed by atoms with Crippen LogP contribution in [-0.2, 0) is 6.54 Å². The SMILES string of the molecule is CCCCCCn1cnc2ccsc2c1=O. The molecule has 16 heavy (non-hydrogen) atoms. The minimum Gasteiger partial charge on any atom is -0.298 e. The highest BCUT2D eigenvalue weighted by Crippen LogP contribution is 2.13. The molecular formula is C12H16N2OS. The van der Waals surface area contributed by atoms with E-state index < -0.39 is 0 Å². The molecule has 0 aliphatic carbocycles. The van der Waals surface area contributed by atoms with Gasteiger partial charge in [0.15, 0.2) is 0 Å². The van der Waals surface area contributed by atoms with Gasteiger partial charge < -0.3 is 0 Å². The van der Waals surface area contributed by atoms with Crippen LogP contribution in [0.1, 0.15) is 32.6 Å². The molecule has 0 spiro atoms. The van der Waals surface area contributed by atoms with E-state index in [1.165, 1.54) is 30.6 Å². The van der Waals surface area contributed by atoms with Gasteiger partial charge in [-0.3, -0.25) is 9.36 Å².